The van der Waals surface area contributed by atoms with Crippen molar-refractivity contribution >= 4 is 18.5 Å². The van der Waals surface area contributed by atoms with Crippen LogP contribution in [0.4, 0.5) is 0 Å². The van der Waals surface area contributed by atoms with Crippen LogP contribution in [0.25, 0.3) is 0 Å². The molecule has 16 heavy (non-hydrogen) atoms. The quantitative estimate of drug-likeness (QED) is 0.753. The van der Waals surface area contributed by atoms with E-state index in [4.69, 9.17) is 0 Å². The lowest BCUT2D eigenvalue weighted by atomic mass is 9.80. The Labute approximate surface area is 107 Å². The summed E-state index contributed by atoms with van der Waals surface area (Å²) in [6.45, 7) is 5.76. The fourth-order valence-corrected chi connectivity index (χ4v) is 2.74. The van der Waals surface area contributed by atoms with Crippen molar-refractivity contribution in [2.24, 2.45) is 16.8 Å². The van der Waals surface area contributed by atoms with E-state index in [0.717, 1.165) is 5.92 Å². The van der Waals surface area contributed by atoms with Gasteiger partial charge in [0.15, 0.2) is 0 Å². The van der Waals surface area contributed by atoms with Gasteiger partial charge in [-0.05, 0) is 31.4 Å². The molecule has 2 nitrogen and oxygen atoms in total. The Kier molecular flexibility index (Phi) is 8.81. The molecule has 0 saturated carbocycles. The highest BCUT2D eigenvalue weighted by Crippen LogP contribution is 2.30. The van der Waals surface area contributed by atoms with Gasteiger partial charge in [-0.15, -0.1) is 0 Å². The van der Waals surface area contributed by atoms with E-state index in [1.165, 1.54) is 38.1 Å². The molecule has 96 valence electrons. The number of nitrogens with zero attached hydrogens (tertiary/aromatic N) is 2. The molecule has 0 radical (unpaired) electrons. The van der Waals surface area contributed by atoms with E-state index < -0.39 is 0 Å². The predicted octanol–water partition coefficient (Wildman–Crippen LogP) is 3.34. The van der Waals surface area contributed by atoms with Crippen LogP contribution in [0.1, 0.15) is 39.5 Å². The number of amidine groups is 1. The highest BCUT2D eigenvalue weighted by Gasteiger charge is 2.30. The highest BCUT2D eigenvalue weighted by atomic mass is 32.1. The fraction of sp³-hybridized carbons (Fsp3) is 0.923. The van der Waals surface area contributed by atoms with Crippen molar-refractivity contribution in [1.29, 1.82) is 0 Å². The molecule has 0 aliphatic carbocycles. The van der Waals surface area contributed by atoms with E-state index >= 15 is 0 Å². The Morgan fingerprint density at radius 2 is 2.00 bits per heavy atom. The summed E-state index contributed by atoms with van der Waals surface area (Å²) in [5.41, 5.74) is 0. The molecule has 3 heteroatoms. The lowest BCUT2D eigenvalue weighted by molar-refractivity contribution is 0.258. The van der Waals surface area contributed by atoms with Crippen LogP contribution >= 0.6 is 12.6 Å². The molecule has 1 heterocycles. The van der Waals surface area contributed by atoms with Gasteiger partial charge in [0, 0.05) is 26.6 Å². The van der Waals surface area contributed by atoms with Gasteiger partial charge in [0.2, 0.25) is 0 Å². The van der Waals surface area contributed by atoms with Crippen molar-refractivity contribution in [3.8, 4) is 0 Å². The van der Waals surface area contributed by atoms with E-state index in [1.54, 1.807) is 6.26 Å². The zero-order valence-electron chi connectivity index (χ0n) is 11.5. The minimum atomic E-state index is 0.707. The van der Waals surface area contributed by atoms with Crippen molar-refractivity contribution in [3.05, 3.63) is 0 Å². The molecule has 0 aromatic carbocycles. The van der Waals surface area contributed by atoms with Crippen molar-refractivity contribution in [2.75, 3.05) is 26.9 Å². The van der Waals surface area contributed by atoms with Crippen LogP contribution in [0.5, 0.6) is 0 Å². The third-order valence-electron chi connectivity index (χ3n) is 3.46. The minimum absolute atomic E-state index is 0.707. The lowest BCUT2D eigenvalue weighted by Crippen LogP contribution is -2.43. The smallest absolute Gasteiger partial charge is 0.102 e. The monoisotopic (exact) mass is 244 g/mol. The maximum absolute atomic E-state index is 4.46. The van der Waals surface area contributed by atoms with Crippen molar-refractivity contribution in [2.45, 2.75) is 39.5 Å². The molecule has 0 bridgehead atoms. The topological polar surface area (TPSA) is 15.6 Å². The summed E-state index contributed by atoms with van der Waals surface area (Å²) in [5.74, 6) is 2.91. The third-order valence-corrected chi connectivity index (χ3v) is 3.46. The second kappa shape index (κ2) is 8.91. The molecule has 2 atom stereocenters. The largest absolute Gasteiger partial charge is 0.363 e. The first-order chi connectivity index (χ1) is 7.74. The van der Waals surface area contributed by atoms with Gasteiger partial charge in [0.05, 0.1) is 0 Å². The van der Waals surface area contributed by atoms with Gasteiger partial charge >= 0.3 is 0 Å². The molecule has 1 aliphatic rings. The van der Waals surface area contributed by atoms with E-state index in [9.17, 15) is 0 Å². The van der Waals surface area contributed by atoms with E-state index in [2.05, 4.69) is 43.4 Å². The standard InChI is InChI=1S/C12H24N2.CH4S/c1-5-7-10-8-9-14(4)12(13-3)11(10)6-2;1-2/h10-11H,5-9H2,1-4H3;2H,1H3. The Morgan fingerprint density at radius 3 is 2.44 bits per heavy atom. The van der Waals surface area contributed by atoms with Crippen molar-refractivity contribution in [3.63, 3.8) is 0 Å². The number of likely N-dealkylation sites (tertiary alicyclic amines) is 1. The number of hydrogen-bond donors (Lipinski definition) is 1. The van der Waals surface area contributed by atoms with Gasteiger partial charge in [-0.2, -0.15) is 12.6 Å². The summed E-state index contributed by atoms with van der Waals surface area (Å²) in [4.78, 5) is 6.79. The zero-order chi connectivity index (χ0) is 12.6. The van der Waals surface area contributed by atoms with Gasteiger partial charge in [0.25, 0.3) is 0 Å². The molecule has 1 saturated heterocycles. The Hall–Kier alpha value is -0.180. The first-order valence-corrected chi connectivity index (χ1v) is 7.26. The first-order valence-electron chi connectivity index (χ1n) is 6.37. The highest BCUT2D eigenvalue weighted by molar-refractivity contribution is 7.79. The van der Waals surface area contributed by atoms with Crippen LogP contribution < -0.4 is 0 Å². The van der Waals surface area contributed by atoms with Crippen molar-refractivity contribution in [1.82, 2.24) is 4.90 Å². The summed E-state index contributed by atoms with van der Waals surface area (Å²) in [6, 6.07) is 0. The predicted molar refractivity (Wildman–Crippen MR) is 77.7 cm³/mol. The molecule has 0 aromatic rings. The summed E-state index contributed by atoms with van der Waals surface area (Å²) >= 11 is 3.53. The molecule has 2 unspecified atom stereocenters. The van der Waals surface area contributed by atoms with E-state index in [0.29, 0.717) is 5.92 Å². The van der Waals surface area contributed by atoms with Gasteiger partial charge in [-0.3, -0.25) is 4.99 Å². The Balaban J connectivity index is 0.00000106. The molecule has 0 spiro atoms. The fourth-order valence-electron chi connectivity index (χ4n) is 2.74. The summed E-state index contributed by atoms with van der Waals surface area (Å²) < 4.78 is 0. The third kappa shape index (κ3) is 4.00. The molecule has 0 N–H and O–H groups in total. The Bertz CT molecular complexity index is 204. The second-order valence-corrected chi connectivity index (χ2v) is 4.36. The molecule has 0 aromatic heterocycles. The van der Waals surface area contributed by atoms with Crippen LogP contribution in [-0.4, -0.2) is 37.6 Å². The lowest BCUT2D eigenvalue weighted by Gasteiger charge is -2.38. The van der Waals surface area contributed by atoms with Crippen LogP contribution in [0, 0.1) is 11.8 Å². The average Bonchev–Trinajstić information content (AvgIpc) is 2.33. The maximum atomic E-state index is 4.46. The van der Waals surface area contributed by atoms with E-state index in [-0.39, 0.29) is 0 Å². The number of thiol groups is 1. The molecule has 1 fully saturated rings. The SMILES string of the molecule is CCCC1CCN(C)C(=NC)C1CC.CS. The zero-order valence-corrected chi connectivity index (χ0v) is 12.4. The number of aliphatic imine (C=N–C) groups is 1. The summed E-state index contributed by atoms with van der Waals surface area (Å²) in [7, 11) is 4.11. The number of hydrogen-bond acceptors (Lipinski definition) is 2. The van der Waals surface area contributed by atoms with Gasteiger partial charge in [-0.1, -0.05) is 20.3 Å². The molecular weight excluding hydrogens is 216 g/mol. The Morgan fingerprint density at radius 1 is 1.38 bits per heavy atom. The second-order valence-electron chi connectivity index (χ2n) is 4.36. The van der Waals surface area contributed by atoms with Gasteiger partial charge in [0.1, 0.15) is 5.84 Å². The van der Waals surface area contributed by atoms with Crippen LogP contribution in [0.15, 0.2) is 4.99 Å². The molecule has 1 rings (SSSR count). The summed E-state index contributed by atoms with van der Waals surface area (Å²) in [5, 5.41) is 0. The average molecular weight is 244 g/mol. The van der Waals surface area contributed by atoms with Crippen LogP contribution in [-0.2, 0) is 0 Å². The molecule has 1 aliphatic heterocycles. The number of rotatable bonds is 3. The normalized spacial score (nSPS) is 27.6. The van der Waals surface area contributed by atoms with Gasteiger partial charge in [-0.25, -0.2) is 0 Å². The minimum Gasteiger partial charge on any atom is -0.363 e. The van der Waals surface area contributed by atoms with Crippen molar-refractivity contribution < 1.29 is 0 Å². The maximum Gasteiger partial charge on any atom is 0.102 e. The van der Waals surface area contributed by atoms with Gasteiger partial charge < -0.3 is 4.90 Å². The van der Waals surface area contributed by atoms with Crippen LogP contribution in [0.3, 0.4) is 0 Å². The summed E-state index contributed by atoms with van der Waals surface area (Å²) in [6.07, 6.45) is 6.96. The molecule has 0 amide bonds. The number of piperidine rings is 1. The van der Waals surface area contributed by atoms with Crippen LogP contribution in [0.2, 0.25) is 0 Å². The first kappa shape index (κ1) is 15.8. The molecular formula is C13H28N2S. The van der Waals surface area contributed by atoms with E-state index in [1.807, 2.05) is 7.05 Å².